The van der Waals surface area contributed by atoms with Crippen molar-refractivity contribution in [2.45, 2.75) is 12.5 Å². The van der Waals surface area contributed by atoms with Crippen molar-refractivity contribution < 1.29 is 14.3 Å². The van der Waals surface area contributed by atoms with Crippen LogP contribution in [0.2, 0.25) is 0 Å². The zero-order chi connectivity index (χ0) is 22.3. The molecular formula is C24H31N5O3. The summed E-state index contributed by atoms with van der Waals surface area (Å²) in [4.78, 5) is 31.2. The van der Waals surface area contributed by atoms with Crippen molar-refractivity contribution in [1.29, 1.82) is 0 Å². The van der Waals surface area contributed by atoms with Crippen molar-refractivity contribution in [2.24, 2.45) is 0 Å². The number of amides is 3. The number of para-hydroxylation sites is 1. The molecule has 0 bridgehead atoms. The van der Waals surface area contributed by atoms with Crippen LogP contribution in [0.5, 0.6) is 5.75 Å². The molecular weight excluding hydrogens is 406 g/mol. The van der Waals surface area contributed by atoms with Crippen LogP contribution >= 0.6 is 0 Å². The van der Waals surface area contributed by atoms with Gasteiger partial charge in [-0.15, -0.1) is 0 Å². The van der Waals surface area contributed by atoms with Gasteiger partial charge in [-0.2, -0.15) is 0 Å². The molecule has 2 aromatic rings. The van der Waals surface area contributed by atoms with E-state index in [-0.39, 0.29) is 18.0 Å². The van der Waals surface area contributed by atoms with E-state index in [1.165, 1.54) is 5.69 Å². The van der Waals surface area contributed by atoms with Gasteiger partial charge < -0.3 is 25.2 Å². The number of piperazine rings is 1. The highest BCUT2D eigenvalue weighted by Gasteiger charge is 2.31. The van der Waals surface area contributed by atoms with Crippen molar-refractivity contribution in [3.05, 3.63) is 54.6 Å². The van der Waals surface area contributed by atoms with Crippen LogP contribution in [-0.2, 0) is 4.79 Å². The summed E-state index contributed by atoms with van der Waals surface area (Å²) >= 11 is 0. The van der Waals surface area contributed by atoms with Gasteiger partial charge in [0, 0.05) is 63.6 Å². The van der Waals surface area contributed by atoms with E-state index in [0.717, 1.165) is 44.2 Å². The number of hydrogen-bond acceptors (Lipinski definition) is 5. The summed E-state index contributed by atoms with van der Waals surface area (Å²) in [6.45, 7) is 5.80. The smallest absolute Gasteiger partial charge is 0.315 e. The molecule has 2 N–H and O–H groups in total. The minimum atomic E-state index is -0.220. The minimum absolute atomic E-state index is 0.0109. The van der Waals surface area contributed by atoms with E-state index in [1.54, 1.807) is 12.0 Å². The van der Waals surface area contributed by atoms with Crippen LogP contribution in [0.15, 0.2) is 54.6 Å². The van der Waals surface area contributed by atoms with Gasteiger partial charge in [0.2, 0.25) is 5.91 Å². The third kappa shape index (κ3) is 5.50. The minimum Gasteiger partial charge on any atom is -0.497 e. The van der Waals surface area contributed by atoms with Gasteiger partial charge in [0.25, 0.3) is 0 Å². The zero-order valence-corrected chi connectivity index (χ0v) is 18.5. The molecule has 2 aromatic carbocycles. The molecule has 0 aliphatic carbocycles. The Labute approximate surface area is 189 Å². The average molecular weight is 438 g/mol. The molecule has 2 aliphatic rings. The van der Waals surface area contributed by atoms with Gasteiger partial charge in [-0.25, -0.2) is 4.79 Å². The molecule has 8 nitrogen and oxygen atoms in total. The van der Waals surface area contributed by atoms with Crippen molar-refractivity contribution in [3.63, 3.8) is 0 Å². The zero-order valence-electron chi connectivity index (χ0n) is 18.5. The molecule has 170 valence electrons. The quantitative estimate of drug-likeness (QED) is 0.692. The predicted molar refractivity (Wildman–Crippen MR) is 125 cm³/mol. The second-order valence-electron chi connectivity index (χ2n) is 8.17. The summed E-state index contributed by atoms with van der Waals surface area (Å²) in [6.07, 6.45) is 0.306. The second-order valence-corrected chi connectivity index (χ2v) is 8.17. The lowest BCUT2D eigenvalue weighted by Gasteiger charge is -2.36. The SMILES string of the molecule is COc1ccc(N2C[C@@H](NC(=O)NCCN3CCN(c4ccccc4)CC3)CC2=O)cc1. The summed E-state index contributed by atoms with van der Waals surface area (Å²) in [5.41, 5.74) is 2.08. The van der Waals surface area contributed by atoms with Gasteiger partial charge in [0.1, 0.15) is 5.75 Å². The summed E-state index contributed by atoms with van der Waals surface area (Å²) in [6, 6.07) is 17.4. The fourth-order valence-corrected chi connectivity index (χ4v) is 4.25. The molecule has 0 aromatic heterocycles. The number of anilines is 2. The molecule has 2 fully saturated rings. The summed E-state index contributed by atoms with van der Waals surface area (Å²) in [5, 5.41) is 5.87. The van der Waals surface area contributed by atoms with Gasteiger partial charge >= 0.3 is 6.03 Å². The lowest BCUT2D eigenvalue weighted by Crippen LogP contribution is -2.50. The fraction of sp³-hybridized carbons (Fsp3) is 0.417. The van der Waals surface area contributed by atoms with E-state index in [0.29, 0.717) is 19.5 Å². The summed E-state index contributed by atoms with van der Waals surface area (Å²) in [7, 11) is 1.61. The van der Waals surface area contributed by atoms with E-state index in [2.05, 4.69) is 44.7 Å². The predicted octanol–water partition coefficient (Wildman–Crippen LogP) is 1.92. The Morgan fingerprint density at radius 1 is 1.00 bits per heavy atom. The number of carbonyl (C=O) groups excluding carboxylic acids is 2. The van der Waals surface area contributed by atoms with E-state index < -0.39 is 0 Å². The number of urea groups is 1. The summed E-state index contributed by atoms with van der Waals surface area (Å²) in [5.74, 6) is 0.757. The number of nitrogens with one attached hydrogen (secondary N) is 2. The highest BCUT2D eigenvalue weighted by Crippen LogP contribution is 2.24. The van der Waals surface area contributed by atoms with Crippen LogP contribution < -0.4 is 25.2 Å². The number of hydrogen-bond donors (Lipinski definition) is 2. The summed E-state index contributed by atoms with van der Waals surface area (Å²) < 4.78 is 5.16. The maximum absolute atomic E-state index is 12.4. The molecule has 32 heavy (non-hydrogen) atoms. The number of rotatable bonds is 7. The Morgan fingerprint density at radius 3 is 2.41 bits per heavy atom. The highest BCUT2D eigenvalue weighted by molar-refractivity contribution is 5.96. The Kier molecular flexibility index (Phi) is 7.11. The number of carbonyl (C=O) groups is 2. The van der Waals surface area contributed by atoms with Gasteiger partial charge in [0.05, 0.1) is 13.2 Å². The lowest BCUT2D eigenvalue weighted by molar-refractivity contribution is -0.117. The van der Waals surface area contributed by atoms with Gasteiger partial charge in [-0.05, 0) is 36.4 Å². The number of methoxy groups -OCH3 is 1. The third-order valence-corrected chi connectivity index (χ3v) is 6.05. The lowest BCUT2D eigenvalue weighted by atomic mass is 10.2. The molecule has 0 spiro atoms. The Balaban J connectivity index is 1.15. The monoisotopic (exact) mass is 437 g/mol. The molecule has 2 heterocycles. The molecule has 1 atom stereocenters. The first-order valence-electron chi connectivity index (χ1n) is 11.1. The third-order valence-electron chi connectivity index (χ3n) is 6.05. The first-order valence-corrected chi connectivity index (χ1v) is 11.1. The standard InChI is InChI=1S/C24H31N5O3/c1-32-22-9-7-21(8-10-22)29-18-19(17-23(29)30)26-24(31)25-11-12-27-13-15-28(16-14-27)20-5-3-2-4-6-20/h2-10,19H,11-18H2,1H3,(H2,25,26,31)/t19-/m0/s1. The number of nitrogens with zero attached hydrogens (tertiary/aromatic N) is 3. The largest absolute Gasteiger partial charge is 0.497 e. The molecule has 4 rings (SSSR count). The number of ether oxygens (including phenoxy) is 1. The van der Waals surface area contributed by atoms with Gasteiger partial charge in [0.15, 0.2) is 0 Å². The topological polar surface area (TPSA) is 77.2 Å². The van der Waals surface area contributed by atoms with E-state index in [1.807, 2.05) is 30.3 Å². The van der Waals surface area contributed by atoms with Crippen molar-refractivity contribution in [1.82, 2.24) is 15.5 Å². The first kappa shape index (κ1) is 22.0. The fourth-order valence-electron chi connectivity index (χ4n) is 4.25. The van der Waals surface area contributed by atoms with Crippen LogP contribution in [0.4, 0.5) is 16.2 Å². The molecule has 0 radical (unpaired) electrons. The Hall–Kier alpha value is -3.26. The molecule has 0 unspecified atom stereocenters. The second kappa shape index (κ2) is 10.4. The molecule has 2 saturated heterocycles. The average Bonchev–Trinajstić information content (AvgIpc) is 3.19. The van der Waals surface area contributed by atoms with E-state index >= 15 is 0 Å². The van der Waals surface area contributed by atoms with E-state index in [4.69, 9.17) is 4.74 Å². The molecule has 8 heteroatoms. The van der Waals surface area contributed by atoms with Crippen LogP contribution in [-0.4, -0.2) is 75.8 Å². The Bertz CT molecular complexity index is 898. The maximum Gasteiger partial charge on any atom is 0.315 e. The van der Waals surface area contributed by atoms with Crippen LogP contribution in [0.1, 0.15) is 6.42 Å². The van der Waals surface area contributed by atoms with Gasteiger partial charge in [-0.3, -0.25) is 9.69 Å². The normalized spacial score (nSPS) is 19.2. The molecule has 2 aliphatic heterocycles. The van der Waals surface area contributed by atoms with Crippen molar-refractivity contribution >= 4 is 23.3 Å². The van der Waals surface area contributed by atoms with Crippen LogP contribution in [0.25, 0.3) is 0 Å². The first-order chi connectivity index (χ1) is 15.6. The van der Waals surface area contributed by atoms with Crippen LogP contribution in [0, 0.1) is 0 Å². The van der Waals surface area contributed by atoms with Crippen LogP contribution in [0.3, 0.4) is 0 Å². The maximum atomic E-state index is 12.4. The Morgan fingerprint density at radius 2 is 1.72 bits per heavy atom. The number of benzene rings is 2. The van der Waals surface area contributed by atoms with Crippen molar-refractivity contribution in [3.8, 4) is 5.75 Å². The molecule has 3 amide bonds. The highest BCUT2D eigenvalue weighted by atomic mass is 16.5. The van der Waals surface area contributed by atoms with E-state index in [9.17, 15) is 9.59 Å². The van der Waals surface area contributed by atoms with Gasteiger partial charge in [-0.1, -0.05) is 18.2 Å². The molecule has 0 saturated carbocycles. The van der Waals surface area contributed by atoms with Crippen molar-refractivity contribution in [2.75, 3.05) is 62.7 Å².